The fraction of sp³-hybridized carbons (Fsp3) is 0.222. The van der Waals surface area contributed by atoms with Crippen molar-refractivity contribution in [3.63, 3.8) is 0 Å². The Morgan fingerprint density at radius 2 is 1.67 bits per heavy atom. The van der Waals surface area contributed by atoms with Crippen LogP contribution in [0.5, 0.6) is 0 Å². The zero-order valence-corrected chi connectivity index (χ0v) is 12.8. The zero-order chi connectivity index (χ0) is 15.1. The predicted molar refractivity (Wildman–Crippen MR) is 90.0 cm³/mol. The van der Waals surface area contributed by atoms with E-state index >= 15 is 0 Å². The number of hydrogen-bond donors (Lipinski definition) is 1. The van der Waals surface area contributed by atoms with Crippen molar-refractivity contribution in [1.29, 1.82) is 0 Å². The average Bonchev–Trinajstić information content (AvgIpc) is 2.50. The van der Waals surface area contributed by atoms with Crippen LogP contribution in [-0.4, -0.2) is 9.97 Å². The molecule has 0 bridgehead atoms. The third kappa shape index (κ3) is 4.02. The maximum Gasteiger partial charge on any atom is 0.133 e. The second-order valence-corrected chi connectivity index (χ2v) is 4.91. The molecule has 3 heteroatoms. The molecule has 0 aliphatic rings. The molecule has 0 amide bonds. The Labute approximate surface area is 126 Å². The molecule has 21 heavy (non-hydrogen) atoms. The highest BCUT2D eigenvalue weighted by atomic mass is 15.0. The summed E-state index contributed by atoms with van der Waals surface area (Å²) in [5.41, 5.74) is 3.15. The molecule has 0 atom stereocenters. The van der Waals surface area contributed by atoms with E-state index in [-0.39, 0.29) is 0 Å². The molecule has 0 aliphatic carbocycles. The monoisotopic (exact) mass is 279 g/mol. The van der Waals surface area contributed by atoms with E-state index in [1.54, 1.807) is 12.4 Å². The summed E-state index contributed by atoms with van der Waals surface area (Å²) in [6.45, 7) is 6.29. The van der Waals surface area contributed by atoms with Gasteiger partial charge in [-0.2, -0.15) is 0 Å². The van der Waals surface area contributed by atoms with Crippen molar-refractivity contribution >= 4 is 22.4 Å². The van der Waals surface area contributed by atoms with Crippen LogP contribution in [-0.2, 0) is 0 Å². The lowest BCUT2D eigenvalue weighted by Crippen LogP contribution is -1.95. The average molecular weight is 279 g/mol. The van der Waals surface area contributed by atoms with Crippen LogP contribution >= 0.6 is 0 Å². The van der Waals surface area contributed by atoms with Crippen molar-refractivity contribution in [3.05, 3.63) is 60.4 Å². The van der Waals surface area contributed by atoms with Gasteiger partial charge < -0.3 is 5.32 Å². The number of pyridine rings is 2. The molecule has 108 valence electrons. The number of aromatic nitrogens is 2. The number of rotatable bonds is 2. The van der Waals surface area contributed by atoms with Crippen molar-refractivity contribution < 1.29 is 0 Å². The smallest absolute Gasteiger partial charge is 0.133 e. The zero-order valence-electron chi connectivity index (χ0n) is 12.8. The fourth-order valence-corrected chi connectivity index (χ4v) is 1.91. The minimum absolute atomic E-state index is 0.890. The Kier molecular flexibility index (Phi) is 5.27. The Morgan fingerprint density at radius 3 is 2.43 bits per heavy atom. The highest BCUT2D eigenvalue weighted by Gasteiger charge is 2.00. The van der Waals surface area contributed by atoms with Crippen molar-refractivity contribution in [1.82, 2.24) is 9.97 Å². The maximum absolute atomic E-state index is 4.33. The van der Waals surface area contributed by atoms with Crippen molar-refractivity contribution in [2.75, 3.05) is 5.32 Å². The minimum Gasteiger partial charge on any atom is -0.340 e. The molecule has 0 saturated heterocycles. The summed E-state index contributed by atoms with van der Waals surface area (Å²) in [7, 11) is 0. The molecule has 0 radical (unpaired) electrons. The quantitative estimate of drug-likeness (QED) is 0.709. The normalized spacial score (nSPS) is 9.86. The van der Waals surface area contributed by atoms with E-state index < -0.39 is 0 Å². The molecule has 0 fully saturated rings. The maximum atomic E-state index is 4.33. The number of hydrogen-bond acceptors (Lipinski definition) is 3. The Hall–Kier alpha value is -2.42. The molecule has 3 rings (SSSR count). The van der Waals surface area contributed by atoms with E-state index in [0.717, 1.165) is 28.0 Å². The Morgan fingerprint density at radius 1 is 0.952 bits per heavy atom. The number of nitrogens with zero attached hydrogens (tertiary/aromatic N) is 2. The third-order valence-corrected chi connectivity index (χ3v) is 2.88. The van der Waals surface area contributed by atoms with Gasteiger partial charge >= 0.3 is 0 Å². The first-order chi connectivity index (χ1) is 10.2. The van der Waals surface area contributed by atoms with E-state index in [9.17, 15) is 0 Å². The SMILES string of the molecule is CCC.Cc1cccnc1Nc1ccc2ncccc2c1. The summed E-state index contributed by atoms with van der Waals surface area (Å²) in [6.07, 6.45) is 4.84. The highest BCUT2D eigenvalue weighted by Crippen LogP contribution is 2.21. The van der Waals surface area contributed by atoms with E-state index in [0.29, 0.717) is 0 Å². The van der Waals surface area contributed by atoms with Gasteiger partial charge in [-0.1, -0.05) is 32.4 Å². The van der Waals surface area contributed by atoms with Gasteiger partial charge in [-0.3, -0.25) is 4.98 Å². The molecule has 0 spiro atoms. The molecule has 1 N–H and O–H groups in total. The standard InChI is InChI=1S/C15H13N3.C3H8/c1-11-4-2-9-17-15(11)18-13-6-7-14-12(10-13)5-3-8-16-14;1-3-2/h2-10H,1H3,(H,17,18);3H2,1-2H3. The molecule has 2 heterocycles. The molecule has 3 aromatic rings. The number of aryl methyl sites for hydroxylation is 1. The fourth-order valence-electron chi connectivity index (χ4n) is 1.91. The van der Waals surface area contributed by atoms with Crippen LogP contribution in [0.25, 0.3) is 10.9 Å². The molecular formula is C18H21N3. The van der Waals surface area contributed by atoms with Crippen molar-refractivity contribution in [2.24, 2.45) is 0 Å². The summed E-state index contributed by atoms with van der Waals surface area (Å²) in [6, 6.07) is 14.1. The van der Waals surface area contributed by atoms with Crippen molar-refractivity contribution in [2.45, 2.75) is 27.2 Å². The van der Waals surface area contributed by atoms with Gasteiger partial charge in [-0.15, -0.1) is 0 Å². The summed E-state index contributed by atoms with van der Waals surface area (Å²) in [4.78, 5) is 8.63. The van der Waals surface area contributed by atoms with Gasteiger partial charge in [0.2, 0.25) is 0 Å². The van der Waals surface area contributed by atoms with Crippen LogP contribution in [0.3, 0.4) is 0 Å². The molecule has 2 aromatic heterocycles. The van der Waals surface area contributed by atoms with E-state index in [1.165, 1.54) is 6.42 Å². The van der Waals surface area contributed by atoms with Gasteiger partial charge in [0.25, 0.3) is 0 Å². The molecule has 1 aromatic carbocycles. The van der Waals surface area contributed by atoms with Gasteiger partial charge in [0.1, 0.15) is 5.82 Å². The number of anilines is 2. The lowest BCUT2D eigenvalue weighted by Gasteiger charge is -2.08. The first-order valence-corrected chi connectivity index (χ1v) is 7.28. The molecule has 0 aliphatic heterocycles. The number of nitrogens with one attached hydrogen (secondary N) is 1. The summed E-state index contributed by atoms with van der Waals surface area (Å²) in [5, 5.41) is 4.45. The molecule has 0 saturated carbocycles. The number of benzene rings is 1. The molecular weight excluding hydrogens is 258 g/mol. The Bertz CT molecular complexity index is 707. The van der Waals surface area contributed by atoms with Crippen LogP contribution in [0.15, 0.2) is 54.9 Å². The van der Waals surface area contributed by atoms with E-state index in [4.69, 9.17) is 0 Å². The minimum atomic E-state index is 0.890. The van der Waals surface area contributed by atoms with E-state index in [1.807, 2.05) is 37.3 Å². The van der Waals surface area contributed by atoms with Gasteiger partial charge in [0.15, 0.2) is 0 Å². The van der Waals surface area contributed by atoms with Gasteiger partial charge in [0, 0.05) is 23.5 Å². The molecule has 3 nitrogen and oxygen atoms in total. The van der Waals surface area contributed by atoms with Crippen LogP contribution in [0.1, 0.15) is 25.8 Å². The second-order valence-electron chi connectivity index (χ2n) is 4.91. The third-order valence-electron chi connectivity index (χ3n) is 2.88. The lowest BCUT2D eigenvalue weighted by molar-refractivity contribution is 1.09. The summed E-state index contributed by atoms with van der Waals surface area (Å²) in [5.74, 6) is 0.890. The highest BCUT2D eigenvalue weighted by molar-refractivity contribution is 5.83. The van der Waals surface area contributed by atoms with Crippen LogP contribution < -0.4 is 5.32 Å². The first-order valence-electron chi connectivity index (χ1n) is 7.28. The van der Waals surface area contributed by atoms with Gasteiger partial charge in [0.05, 0.1) is 5.52 Å². The molecule has 0 unspecified atom stereocenters. The predicted octanol–water partition coefficient (Wildman–Crippen LogP) is 5.10. The topological polar surface area (TPSA) is 37.8 Å². The lowest BCUT2D eigenvalue weighted by atomic mass is 10.2. The van der Waals surface area contributed by atoms with Crippen LogP contribution in [0.2, 0.25) is 0 Å². The van der Waals surface area contributed by atoms with Gasteiger partial charge in [-0.25, -0.2) is 4.98 Å². The first kappa shape index (κ1) is 15.0. The van der Waals surface area contributed by atoms with Crippen LogP contribution in [0, 0.1) is 6.92 Å². The van der Waals surface area contributed by atoms with E-state index in [2.05, 4.69) is 41.3 Å². The summed E-state index contributed by atoms with van der Waals surface area (Å²) >= 11 is 0. The van der Waals surface area contributed by atoms with Gasteiger partial charge in [-0.05, 0) is 42.8 Å². The Balaban J connectivity index is 0.000000497. The summed E-state index contributed by atoms with van der Waals surface area (Å²) < 4.78 is 0. The largest absolute Gasteiger partial charge is 0.340 e. The second kappa shape index (κ2) is 7.39. The number of fused-ring (bicyclic) bond motifs is 1. The van der Waals surface area contributed by atoms with Crippen molar-refractivity contribution in [3.8, 4) is 0 Å². The van der Waals surface area contributed by atoms with Crippen LogP contribution in [0.4, 0.5) is 11.5 Å².